The van der Waals surface area contributed by atoms with E-state index < -0.39 is 24.0 Å². The van der Waals surface area contributed by atoms with Gasteiger partial charge in [-0.3, -0.25) is 14.4 Å². The van der Waals surface area contributed by atoms with Crippen LogP contribution in [0, 0.1) is 0 Å². The first-order valence-electron chi connectivity index (χ1n) is 11.9. The Bertz CT molecular complexity index is 1350. The Morgan fingerprint density at radius 1 is 0.974 bits per heavy atom. The molecule has 1 heterocycles. The van der Waals surface area contributed by atoms with Crippen molar-refractivity contribution in [3.8, 4) is 0 Å². The lowest BCUT2D eigenvalue weighted by atomic mass is 10.0. The fourth-order valence-electron chi connectivity index (χ4n) is 4.25. The molecule has 1 aliphatic rings. The van der Waals surface area contributed by atoms with Crippen LogP contribution in [0.25, 0.3) is 0 Å². The van der Waals surface area contributed by atoms with Gasteiger partial charge in [-0.05, 0) is 53.9 Å². The van der Waals surface area contributed by atoms with Gasteiger partial charge >= 0.3 is 5.97 Å². The summed E-state index contributed by atoms with van der Waals surface area (Å²) in [6.07, 6.45) is 0.499. The van der Waals surface area contributed by atoms with Gasteiger partial charge in [-0.15, -0.1) is 0 Å². The van der Waals surface area contributed by atoms with Gasteiger partial charge in [0.1, 0.15) is 12.1 Å². The van der Waals surface area contributed by atoms with E-state index in [4.69, 9.17) is 23.2 Å². The van der Waals surface area contributed by atoms with E-state index in [-0.39, 0.29) is 42.6 Å². The number of carbonyl (C=O) groups excluding carboxylic acids is 3. The number of hydrogen-bond acceptors (Lipinski definition) is 4. The summed E-state index contributed by atoms with van der Waals surface area (Å²) in [6.45, 7) is -0.0374. The molecule has 0 bridgehead atoms. The third-order valence-corrected chi connectivity index (χ3v) is 6.99. The topological polar surface area (TPSA) is 116 Å². The molecule has 4 rings (SSSR count). The molecule has 0 aliphatic carbocycles. The van der Waals surface area contributed by atoms with Crippen LogP contribution >= 0.6 is 23.2 Å². The number of aliphatic carboxylic acids is 1. The van der Waals surface area contributed by atoms with Crippen molar-refractivity contribution in [2.45, 2.75) is 37.9 Å². The molecule has 38 heavy (non-hydrogen) atoms. The standard InChI is InChI=1S/C28H25Cl2N3O5/c29-21-11-8-18(14-22(21)30)16-33(27(36)23-12-13-25(34)32-23)24(28(37)38)15-17-6-9-20(10-7-17)31-26(35)19-4-2-1-3-5-19/h1-11,14,23-24H,12-13,15-16H2,(H,31,35)(H,32,34)(H,37,38). The highest BCUT2D eigenvalue weighted by atomic mass is 35.5. The number of halogens is 2. The van der Waals surface area contributed by atoms with Crippen molar-refractivity contribution in [2.24, 2.45) is 0 Å². The minimum atomic E-state index is -1.22. The second kappa shape index (κ2) is 12.1. The highest BCUT2D eigenvalue weighted by Crippen LogP contribution is 2.25. The van der Waals surface area contributed by atoms with Gasteiger partial charge in [0.05, 0.1) is 10.0 Å². The number of nitrogens with one attached hydrogen (secondary N) is 2. The molecular weight excluding hydrogens is 529 g/mol. The van der Waals surface area contributed by atoms with Crippen molar-refractivity contribution in [3.05, 3.63) is 99.5 Å². The summed E-state index contributed by atoms with van der Waals surface area (Å²) in [6, 6.07) is 18.3. The van der Waals surface area contributed by atoms with E-state index >= 15 is 0 Å². The lowest BCUT2D eigenvalue weighted by Crippen LogP contribution is -2.52. The molecule has 1 fully saturated rings. The Morgan fingerprint density at radius 3 is 2.26 bits per heavy atom. The Balaban J connectivity index is 1.54. The van der Waals surface area contributed by atoms with Gasteiger partial charge in [0.2, 0.25) is 11.8 Å². The largest absolute Gasteiger partial charge is 0.480 e. The number of rotatable bonds is 9. The molecule has 196 valence electrons. The molecule has 1 saturated heterocycles. The van der Waals surface area contributed by atoms with Gasteiger partial charge < -0.3 is 20.6 Å². The van der Waals surface area contributed by atoms with Gasteiger partial charge in [0.15, 0.2) is 0 Å². The van der Waals surface area contributed by atoms with Crippen LogP contribution in [0.5, 0.6) is 0 Å². The monoisotopic (exact) mass is 553 g/mol. The molecule has 0 aromatic heterocycles. The number of amides is 3. The fraction of sp³-hybridized carbons (Fsp3) is 0.214. The summed E-state index contributed by atoms with van der Waals surface area (Å²) in [4.78, 5) is 51.3. The average molecular weight is 554 g/mol. The van der Waals surface area contributed by atoms with Crippen LogP contribution in [0.1, 0.15) is 34.3 Å². The first-order chi connectivity index (χ1) is 18.2. The third kappa shape index (κ3) is 6.70. The van der Waals surface area contributed by atoms with Crippen LogP contribution in [0.15, 0.2) is 72.8 Å². The minimum Gasteiger partial charge on any atom is -0.480 e. The maximum atomic E-state index is 13.4. The second-order valence-electron chi connectivity index (χ2n) is 8.95. The van der Waals surface area contributed by atoms with E-state index in [0.29, 0.717) is 27.4 Å². The predicted octanol–water partition coefficient (Wildman–Crippen LogP) is 4.55. The first-order valence-corrected chi connectivity index (χ1v) is 12.7. The normalized spacial score (nSPS) is 15.4. The molecule has 2 atom stereocenters. The molecule has 1 aliphatic heterocycles. The van der Waals surface area contributed by atoms with E-state index in [1.807, 2.05) is 6.07 Å². The Morgan fingerprint density at radius 2 is 1.66 bits per heavy atom. The Hall–Kier alpha value is -3.88. The zero-order chi connectivity index (χ0) is 27.2. The Labute approximate surface area is 229 Å². The van der Waals surface area contributed by atoms with Gasteiger partial charge in [0.25, 0.3) is 5.91 Å². The Kier molecular flexibility index (Phi) is 8.66. The van der Waals surface area contributed by atoms with E-state index in [1.54, 1.807) is 66.7 Å². The molecule has 8 nitrogen and oxygen atoms in total. The summed E-state index contributed by atoms with van der Waals surface area (Å²) in [5.41, 5.74) is 2.31. The van der Waals surface area contributed by atoms with Gasteiger partial charge in [-0.2, -0.15) is 0 Å². The molecule has 0 radical (unpaired) electrons. The van der Waals surface area contributed by atoms with E-state index in [0.717, 1.165) is 0 Å². The van der Waals surface area contributed by atoms with Gasteiger partial charge in [-0.25, -0.2) is 4.79 Å². The second-order valence-corrected chi connectivity index (χ2v) is 9.76. The zero-order valence-corrected chi connectivity index (χ0v) is 21.7. The van der Waals surface area contributed by atoms with Crippen LogP contribution in [-0.2, 0) is 27.3 Å². The number of nitrogens with zero attached hydrogens (tertiary/aromatic N) is 1. The zero-order valence-electron chi connectivity index (χ0n) is 20.2. The molecule has 0 saturated carbocycles. The molecule has 10 heteroatoms. The van der Waals surface area contributed by atoms with Gasteiger partial charge in [0, 0.05) is 30.6 Å². The maximum Gasteiger partial charge on any atom is 0.326 e. The van der Waals surface area contributed by atoms with Crippen molar-refractivity contribution in [1.82, 2.24) is 10.2 Å². The summed E-state index contributed by atoms with van der Waals surface area (Å²) in [5.74, 6) is -2.19. The number of hydrogen-bond donors (Lipinski definition) is 3. The van der Waals surface area contributed by atoms with E-state index in [2.05, 4.69) is 10.6 Å². The molecule has 3 aromatic carbocycles. The van der Waals surface area contributed by atoms with Gasteiger partial charge in [-0.1, -0.05) is 59.6 Å². The lowest BCUT2D eigenvalue weighted by molar-refractivity contribution is -0.151. The van der Waals surface area contributed by atoms with Crippen molar-refractivity contribution in [1.29, 1.82) is 0 Å². The molecule has 3 N–H and O–H groups in total. The minimum absolute atomic E-state index is 0.00989. The number of anilines is 1. The maximum absolute atomic E-state index is 13.4. The first kappa shape index (κ1) is 27.2. The van der Waals surface area contributed by atoms with Crippen LogP contribution in [0.3, 0.4) is 0 Å². The third-order valence-electron chi connectivity index (χ3n) is 6.25. The number of carboxylic acids is 1. The van der Waals surface area contributed by atoms with Crippen LogP contribution in [-0.4, -0.2) is 45.8 Å². The number of carboxylic acid groups (broad SMARTS) is 1. The quantitative estimate of drug-likeness (QED) is 0.359. The molecule has 0 spiro atoms. The summed E-state index contributed by atoms with van der Waals surface area (Å²) < 4.78 is 0. The van der Waals surface area contributed by atoms with E-state index in [1.165, 1.54) is 4.90 Å². The summed E-state index contributed by atoms with van der Waals surface area (Å²) in [5, 5.41) is 16.2. The summed E-state index contributed by atoms with van der Waals surface area (Å²) >= 11 is 12.2. The summed E-state index contributed by atoms with van der Waals surface area (Å²) in [7, 11) is 0. The molecule has 2 unspecified atom stereocenters. The van der Waals surface area contributed by atoms with Crippen molar-refractivity contribution >= 4 is 52.6 Å². The molecule has 3 amide bonds. The molecule has 3 aromatic rings. The van der Waals surface area contributed by atoms with Crippen molar-refractivity contribution in [2.75, 3.05) is 5.32 Å². The van der Waals surface area contributed by atoms with Crippen LogP contribution < -0.4 is 10.6 Å². The lowest BCUT2D eigenvalue weighted by Gasteiger charge is -2.31. The number of benzene rings is 3. The average Bonchev–Trinajstić information content (AvgIpc) is 3.35. The highest BCUT2D eigenvalue weighted by Gasteiger charge is 2.37. The van der Waals surface area contributed by atoms with Crippen LogP contribution in [0.4, 0.5) is 5.69 Å². The van der Waals surface area contributed by atoms with Crippen molar-refractivity contribution in [3.63, 3.8) is 0 Å². The SMILES string of the molecule is O=C1CCC(C(=O)N(Cc2ccc(Cl)c(Cl)c2)C(Cc2ccc(NC(=O)c3ccccc3)cc2)C(=O)O)N1. The highest BCUT2D eigenvalue weighted by molar-refractivity contribution is 6.42. The van der Waals surface area contributed by atoms with Crippen molar-refractivity contribution < 1.29 is 24.3 Å². The number of carbonyl (C=O) groups is 4. The molecular formula is C28H25Cl2N3O5. The predicted molar refractivity (Wildman–Crippen MR) is 144 cm³/mol. The van der Waals surface area contributed by atoms with Crippen LogP contribution in [0.2, 0.25) is 10.0 Å². The fourth-order valence-corrected chi connectivity index (χ4v) is 4.57. The van der Waals surface area contributed by atoms with E-state index in [9.17, 15) is 24.3 Å². The smallest absolute Gasteiger partial charge is 0.326 e.